The maximum Gasteiger partial charge on any atom is 0.248 e. The first-order valence-electron chi connectivity index (χ1n) is 11.4. The van der Waals surface area contributed by atoms with Crippen molar-refractivity contribution in [1.82, 2.24) is 10.3 Å². The molecule has 182 valence electrons. The number of pyridine rings is 1. The number of amides is 3. The van der Waals surface area contributed by atoms with E-state index < -0.39 is 6.04 Å². The molecule has 3 rings (SSSR count). The molecular formula is C27H29ClN4O3. The van der Waals surface area contributed by atoms with Gasteiger partial charge in [-0.15, -0.1) is 0 Å². The second-order valence-corrected chi connectivity index (χ2v) is 8.87. The Balaban J connectivity index is 1.94. The molecule has 1 aromatic heterocycles. The van der Waals surface area contributed by atoms with Gasteiger partial charge in [-0.2, -0.15) is 0 Å². The highest BCUT2D eigenvalue weighted by Gasteiger charge is 2.33. The largest absolute Gasteiger partial charge is 0.352 e. The van der Waals surface area contributed by atoms with Crippen molar-refractivity contribution in [2.24, 2.45) is 0 Å². The highest BCUT2D eigenvalue weighted by atomic mass is 35.5. The molecule has 1 atom stereocenters. The molecule has 2 aromatic carbocycles. The number of halogens is 1. The predicted octanol–water partition coefficient (Wildman–Crippen LogP) is 5.06. The molecule has 3 amide bonds. The number of para-hydroxylation sites is 1. The van der Waals surface area contributed by atoms with Crippen LogP contribution in [0.25, 0.3) is 0 Å². The Morgan fingerprint density at radius 3 is 2.26 bits per heavy atom. The van der Waals surface area contributed by atoms with E-state index in [2.05, 4.69) is 15.6 Å². The molecule has 2 N–H and O–H groups in total. The number of benzene rings is 2. The van der Waals surface area contributed by atoms with E-state index >= 15 is 0 Å². The molecule has 0 aliphatic heterocycles. The Morgan fingerprint density at radius 1 is 0.943 bits per heavy atom. The third kappa shape index (κ3) is 7.13. The van der Waals surface area contributed by atoms with Gasteiger partial charge in [0.1, 0.15) is 11.9 Å². The molecule has 0 aliphatic carbocycles. The van der Waals surface area contributed by atoms with Gasteiger partial charge in [0, 0.05) is 35.8 Å². The molecule has 0 aliphatic rings. The number of carbonyl (C=O) groups is 3. The SMILES string of the molecule is Cc1ccccc1N(C(=O)CCC(=O)Nc1ccccn1)C(C(=O)NC(C)C)c1ccc(Cl)cc1. The Morgan fingerprint density at radius 2 is 1.63 bits per heavy atom. The molecule has 8 heteroatoms. The molecule has 0 saturated heterocycles. The number of anilines is 2. The van der Waals surface area contributed by atoms with Gasteiger partial charge in [-0.25, -0.2) is 4.98 Å². The van der Waals surface area contributed by atoms with Gasteiger partial charge in [0.05, 0.1) is 0 Å². The Bertz CT molecular complexity index is 1170. The second-order valence-electron chi connectivity index (χ2n) is 8.43. The van der Waals surface area contributed by atoms with E-state index in [1.54, 1.807) is 54.7 Å². The van der Waals surface area contributed by atoms with Crippen molar-refractivity contribution in [2.45, 2.75) is 45.7 Å². The van der Waals surface area contributed by atoms with E-state index in [1.807, 2.05) is 39.0 Å². The fourth-order valence-electron chi connectivity index (χ4n) is 3.66. The van der Waals surface area contributed by atoms with Crippen LogP contribution >= 0.6 is 11.6 Å². The van der Waals surface area contributed by atoms with Gasteiger partial charge in [-0.05, 0) is 62.2 Å². The minimum absolute atomic E-state index is 0.0586. The summed E-state index contributed by atoms with van der Waals surface area (Å²) in [6, 6.07) is 18.3. The third-order valence-corrected chi connectivity index (χ3v) is 5.52. The number of aryl methyl sites for hydroxylation is 1. The first-order valence-corrected chi connectivity index (χ1v) is 11.8. The lowest BCUT2D eigenvalue weighted by Crippen LogP contribution is -2.46. The molecule has 0 spiro atoms. The van der Waals surface area contributed by atoms with E-state index in [9.17, 15) is 14.4 Å². The number of hydrogen-bond donors (Lipinski definition) is 2. The van der Waals surface area contributed by atoms with Crippen molar-refractivity contribution < 1.29 is 14.4 Å². The van der Waals surface area contributed by atoms with E-state index in [-0.39, 0.29) is 36.6 Å². The predicted molar refractivity (Wildman–Crippen MR) is 138 cm³/mol. The molecule has 35 heavy (non-hydrogen) atoms. The lowest BCUT2D eigenvalue weighted by Gasteiger charge is -2.33. The number of hydrogen-bond acceptors (Lipinski definition) is 4. The Hall–Kier alpha value is -3.71. The molecule has 7 nitrogen and oxygen atoms in total. The van der Waals surface area contributed by atoms with Crippen molar-refractivity contribution in [3.8, 4) is 0 Å². The number of nitrogens with one attached hydrogen (secondary N) is 2. The summed E-state index contributed by atoms with van der Waals surface area (Å²) < 4.78 is 0. The smallest absolute Gasteiger partial charge is 0.248 e. The van der Waals surface area contributed by atoms with Gasteiger partial charge in [0.25, 0.3) is 0 Å². The summed E-state index contributed by atoms with van der Waals surface area (Å²) in [4.78, 5) is 45.1. The molecule has 1 unspecified atom stereocenters. The van der Waals surface area contributed by atoms with Crippen LogP contribution in [-0.2, 0) is 14.4 Å². The maximum atomic E-state index is 13.6. The van der Waals surface area contributed by atoms with Crippen LogP contribution in [0.4, 0.5) is 11.5 Å². The van der Waals surface area contributed by atoms with E-state index in [0.29, 0.717) is 22.1 Å². The van der Waals surface area contributed by atoms with Crippen LogP contribution in [0.15, 0.2) is 72.9 Å². The minimum atomic E-state index is -0.942. The van der Waals surface area contributed by atoms with Crippen LogP contribution in [-0.4, -0.2) is 28.7 Å². The van der Waals surface area contributed by atoms with Crippen molar-refractivity contribution in [1.29, 1.82) is 0 Å². The van der Waals surface area contributed by atoms with Crippen molar-refractivity contribution in [2.75, 3.05) is 10.2 Å². The van der Waals surface area contributed by atoms with Crippen LogP contribution in [0.3, 0.4) is 0 Å². The number of nitrogens with zero attached hydrogens (tertiary/aromatic N) is 2. The van der Waals surface area contributed by atoms with Gasteiger partial charge < -0.3 is 10.6 Å². The van der Waals surface area contributed by atoms with Crippen LogP contribution in [0, 0.1) is 6.92 Å². The molecule has 0 radical (unpaired) electrons. The van der Waals surface area contributed by atoms with Gasteiger partial charge in [0.2, 0.25) is 17.7 Å². The summed E-state index contributed by atoms with van der Waals surface area (Å²) in [5, 5.41) is 6.14. The zero-order chi connectivity index (χ0) is 25.4. The van der Waals surface area contributed by atoms with Crippen LogP contribution < -0.4 is 15.5 Å². The van der Waals surface area contributed by atoms with E-state index in [1.165, 1.54) is 4.90 Å². The number of aromatic nitrogens is 1. The lowest BCUT2D eigenvalue weighted by molar-refractivity contribution is -0.127. The number of carbonyl (C=O) groups excluding carboxylic acids is 3. The van der Waals surface area contributed by atoms with Gasteiger partial charge in [0.15, 0.2) is 0 Å². The standard InChI is InChI=1S/C27H29ClN4O3/c1-18(2)30-27(35)26(20-11-13-21(28)14-12-20)32(22-9-5-4-8-19(22)3)25(34)16-15-24(33)31-23-10-6-7-17-29-23/h4-14,17-18,26H,15-16H2,1-3H3,(H,30,35)(H,29,31,33). The Kier molecular flexibility index (Phi) is 8.98. The average Bonchev–Trinajstić information content (AvgIpc) is 2.82. The Labute approximate surface area is 210 Å². The first kappa shape index (κ1) is 25.9. The molecule has 0 bridgehead atoms. The second kappa shape index (κ2) is 12.1. The highest BCUT2D eigenvalue weighted by molar-refractivity contribution is 6.30. The van der Waals surface area contributed by atoms with Crippen molar-refractivity contribution in [3.63, 3.8) is 0 Å². The normalized spacial score (nSPS) is 11.6. The lowest BCUT2D eigenvalue weighted by atomic mass is 10.0. The molecular weight excluding hydrogens is 464 g/mol. The summed E-state index contributed by atoms with van der Waals surface area (Å²) in [6.07, 6.45) is 1.42. The summed E-state index contributed by atoms with van der Waals surface area (Å²) in [6.45, 7) is 5.60. The van der Waals surface area contributed by atoms with E-state index in [0.717, 1.165) is 5.56 Å². The quantitative estimate of drug-likeness (QED) is 0.436. The fourth-order valence-corrected chi connectivity index (χ4v) is 3.79. The molecule has 3 aromatic rings. The fraction of sp³-hybridized carbons (Fsp3) is 0.259. The molecule has 1 heterocycles. The highest BCUT2D eigenvalue weighted by Crippen LogP contribution is 2.32. The van der Waals surface area contributed by atoms with Crippen molar-refractivity contribution >= 4 is 40.8 Å². The monoisotopic (exact) mass is 492 g/mol. The van der Waals surface area contributed by atoms with Gasteiger partial charge in [-0.3, -0.25) is 19.3 Å². The average molecular weight is 493 g/mol. The third-order valence-electron chi connectivity index (χ3n) is 5.27. The van der Waals surface area contributed by atoms with Crippen LogP contribution in [0.1, 0.15) is 43.9 Å². The van der Waals surface area contributed by atoms with Crippen molar-refractivity contribution in [3.05, 3.63) is 89.1 Å². The first-order chi connectivity index (χ1) is 16.8. The van der Waals surface area contributed by atoms with Crippen LogP contribution in [0.2, 0.25) is 5.02 Å². The minimum Gasteiger partial charge on any atom is -0.352 e. The zero-order valence-electron chi connectivity index (χ0n) is 20.0. The van der Waals surface area contributed by atoms with Gasteiger partial charge >= 0.3 is 0 Å². The number of rotatable bonds is 9. The van der Waals surface area contributed by atoms with E-state index in [4.69, 9.17) is 11.6 Å². The molecule has 0 fully saturated rings. The summed E-state index contributed by atoms with van der Waals surface area (Å²) >= 11 is 6.09. The summed E-state index contributed by atoms with van der Waals surface area (Å²) in [5.74, 6) is -0.598. The maximum absolute atomic E-state index is 13.6. The topological polar surface area (TPSA) is 91.4 Å². The summed E-state index contributed by atoms with van der Waals surface area (Å²) in [5.41, 5.74) is 2.04. The van der Waals surface area contributed by atoms with Gasteiger partial charge in [-0.1, -0.05) is 48.0 Å². The van der Waals surface area contributed by atoms with Crippen LogP contribution in [0.5, 0.6) is 0 Å². The molecule has 0 saturated carbocycles. The summed E-state index contributed by atoms with van der Waals surface area (Å²) in [7, 11) is 0. The zero-order valence-corrected chi connectivity index (χ0v) is 20.8.